The summed E-state index contributed by atoms with van der Waals surface area (Å²) in [6.07, 6.45) is 4.37. The molecule has 3 rings (SSSR count). The Kier molecular flexibility index (Phi) is 8.34. The largest absolute Gasteiger partial charge is 0.348 e. The van der Waals surface area contributed by atoms with Crippen LogP contribution in [0.3, 0.4) is 0 Å². The normalized spacial score (nSPS) is 17.7. The maximum Gasteiger partial charge on any atom is 0.237 e. The van der Waals surface area contributed by atoms with Gasteiger partial charge in [0, 0.05) is 42.8 Å². The van der Waals surface area contributed by atoms with Gasteiger partial charge in [0.05, 0.1) is 12.1 Å². The van der Waals surface area contributed by atoms with Crippen molar-refractivity contribution >= 4 is 35.2 Å². The third-order valence-corrected chi connectivity index (χ3v) is 6.16. The Balaban J connectivity index is 1.45. The van der Waals surface area contributed by atoms with Crippen molar-refractivity contribution in [1.82, 2.24) is 15.1 Å². The lowest BCUT2D eigenvalue weighted by Gasteiger charge is -2.37. The van der Waals surface area contributed by atoms with E-state index in [-0.39, 0.29) is 18.0 Å². The van der Waals surface area contributed by atoms with Crippen LogP contribution in [0.2, 0.25) is 10.0 Å². The summed E-state index contributed by atoms with van der Waals surface area (Å²) in [4.78, 5) is 17.4. The van der Waals surface area contributed by atoms with Crippen molar-refractivity contribution in [1.29, 1.82) is 0 Å². The number of benzene rings is 2. The molecule has 0 radical (unpaired) electrons. The standard InChI is InChI=1S/C24H29Cl2N3O/c1-18(22-11-10-21(25)17-23(22)26)27-24(30)19(2)29-15-13-28(14-16-29)12-6-9-20-7-4-3-5-8-20/h3-11,17-19H,12-16H2,1-2H3,(H,27,30)/b9-6+. The molecule has 2 aromatic rings. The Bertz CT molecular complexity index is 864. The molecule has 160 valence electrons. The average Bonchev–Trinajstić information content (AvgIpc) is 2.74. The molecule has 1 amide bonds. The molecular formula is C24H29Cl2N3O. The Hall–Kier alpha value is -1.85. The van der Waals surface area contributed by atoms with Gasteiger partial charge in [-0.25, -0.2) is 0 Å². The van der Waals surface area contributed by atoms with Crippen LogP contribution in [0.4, 0.5) is 0 Å². The van der Waals surface area contributed by atoms with Gasteiger partial charge in [0.1, 0.15) is 0 Å². The number of carbonyl (C=O) groups is 1. The minimum atomic E-state index is -0.180. The van der Waals surface area contributed by atoms with Crippen LogP contribution >= 0.6 is 23.2 Å². The topological polar surface area (TPSA) is 35.6 Å². The summed E-state index contributed by atoms with van der Waals surface area (Å²) in [7, 11) is 0. The highest BCUT2D eigenvalue weighted by Crippen LogP contribution is 2.26. The third-order valence-electron chi connectivity index (χ3n) is 5.60. The van der Waals surface area contributed by atoms with Gasteiger partial charge in [-0.1, -0.05) is 71.8 Å². The Morgan fingerprint density at radius 1 is 1.07 bits per heavy atom. The number of halogens is 2. The van der Waals surface area contributed by atoms with Crippen molar-refractivity contribution in [2.75, 3.05) is 32.7 Å². The van der Waals surface area contributed by atoms with Crippen molar-refractivity contribution in [3.8, 4) is 0 Å². The summed E-state index contributed by atoms with van der Waals surface area (Å²) in [5.74, 6) is 0.0194. The van der Waals surface area contributed by atoms with Crippen LogP contribution in [0.5, 0.6) is 0 Å². The van der Waals surface area contributed by atoms with Crippen LogP contribution in [0.1, 0.15) is 31.0 Å². The van der Waals surface area contributed by atoms with Crippen molar-refractivity contribution in [3.05, 3.63) is 75.8 Å². The van der Waals surface area contributed by atoms with Gasteiger partial charge in [0.2, 0.25) is 5.91 Å². The summed E-state index contributed by atoms with van der Waals surface area (Å²) < 4.78 is 0. The average molecular weight is 446 g/mol. The Morgan fingerprint density at radius 3 is 2.43 bits per heavy atom. The number of amides is 1. The van der Waals surface area contributed by atoms with Crippen molar-refractivity contribution in [3.63, 3.8) is 0 Å². The number of nitrogens with one attached hydrogen (secondary N) is 1. The predicted molar refractivity (Wildman–Crippen MR) is 126 cm³/mol. The SMILES string of the molecule is CC(NC(=O)C(C)N1CCN(C/C=C/c2ccccc2)CC1)c1ccc(Cl)cc1Cl. The molecule has 1 heterocycles. The second-order valence-corrected chi connectivity index (χ2v) is 8.57. The van der Waals surface area contributed by atoms with Crippen molar-refractivity contribution in [2.45, 2.75) is 25.9 Å². The molecule has 0 bridgehead atoms. The maximum absolute atomic E-state index is 12.8. The number of rotatable bonds is 7. The highest BCUT2D eigenvalue weighted by molar-refractivity contribution is 6.35. The van der Waals surface area contributed by atoms with E-state index < -0.39 is 0 Å². The molecule has 1 N–H and O–H groups in total. The molecule has 2 unspecified atom stereocenters. The second kappa shape index (κ2) is 11.0. The monoisotopic (exact) mass is 445 g/mol. The molecule has 1 fully saturated rings. The highest BCUT2D eigenvalue weighted by Gasteiger charge is 2.26. The van der Waals surface area contributed by atoms with Crippen LogP contribution in [0, 0.1) is 0 Å². The van der Waals surface area contributed by atoms with E-state index in [0.717, 1.165) is 38.3 Å². The zero-order valence-electron chi connectivity index (χ0n) is 17.5. The number of nitrogens with zero attached hydrogens (tertiary/aromatic N) is 2. The molecule has 0 saturated carbocycles. The first-order valence-electron chi connectivity index (χ1n) is 10.4. The molecular weight excluding hydrogens is 417 g/mol. The van der Waals surface area contributed by atoms with Gasteiger partial charge < -0.3 is 5.32 Å². The minimum Gasteiger partial charge on any atom is -0.348 e. The molecule has 2 atom stereocenters. The summed E-state index contributed by atoms with van der Waals surface area (Å²) >= 11 is 12.2. The third kappa shape index (κ3) is 6.32. The fourth-order valence-corrected chi connectivity index (χ4v) is 4.24. The molecule has 0 spiro atoms. The van der Waals surface area contributed by atoms with Crippen molar-refractivity contribution in [2.24, 2.45) is 0 Å². The zero-order chi connectivity index (χ0) is 21.5. The van der Waals surface area contributed by atoms with E-state index in [1.54, 1.807) is 12.1 Å². The van der Waals surface area contributed by atoms with Gasteiger partial charge in [0.25, 0.3) is 0 Å². The van der Waals surface area contributed by atoms with Gasteiger partial charge in [-0.15, -0.1) is 0 Å². The van der Waals surface area contributed by atoms with E-state index in [0.29, 0.717) is 10.0 Å². The van der Waals surface area contributed by atoms with Gasteiger partial charge in [-0.2, -0.15) is 0 Å². The highest BCUT2D eigenvalue weighted by atomic mass is 35.5. The summed E-state index contributed by atoms with van der Waals surface area (Å²) in [5, 5.41) is 4.24. The van der Waals surface area contributed by atoms with Crippen LogP contribution in [-0.2, 0) is 4.79 Å². The molecule has 6 heteroatoms. The van der Waals surface area contributed by atoms with E-state index in [1.807, 2.05) is 38.1 Å². The summed E-state index contributed by atoms with van der Waals surface area (Å²) in [5.41, 5.74) is 2.09. The van der Waals surface area contributed by atoms with Crippen LogP contribution in [0.25, 0.3) is 6.08 Å². The lowest BCUT2D eigenvalue weighted by Crippen LogP contribution is -2.54. The first-order chi connectivity index (χ1) is 14.4. The Morgan fingerprint density at radius 2 is 1.77 bits per heavy atom. The number of carbonyl (C=O) groups excluding carboxylic acids is 1. The smallest absolute Gasteiger partial charge is 0.237 e. The minimum absolute atomic E-state index is 0.0194. The number of hydrogen-bond donors (Lipinski definition) is 1. The molecule has 2 aromatic carbocycles. The van der Waals surface area contributed by atoms with Gasteiger partial charge >= 0.3 is 0 Å². The van der Waals surface area contributed by atoms with E-state index in [9.17, 15) is 4.79 Å². The van der Waals surface area contributed by atoms with Crippen LogP contribution < -0.4 is 5.32 Å². The molecule has 1 aliphatic rings. The van der Waals surface area contributed by atoms with E-state index in [4.69, 9.17) is 23.2 Å². The molecule has 0 aromatic heterocycles. The zero-order valence-corrected chi connectivity index (χ0v) is 19.0. The van der Waals surface area contributed by atoms with Gasteiger partial charge in [-0.05, 0) is 37.1 Å². The molecule has 0 aliphatic carbocycles. The van der Waals surface area contributed by atoms with Gasteiger partial charge in [-0.3, -0.25) is 14.6 Å². The fraction of sp³-hybridized carbons (Fsp3) is 0.375. The Labute approximate surface area is 189 Å². The fourth-order valence-electron chi connectivity index (χ4n) is 3.67. The van der Waals surface area contributed by atoms with Crippen LogP contribution in [0.15, 0.2) is 54.6 Å². The first-order valence-corrected chi connectivity index (χ1v) is 11.1. The van der Waals surface area contributed by atoms with E-state index in [1.165, 1.54) is 5.56 Å². The van der Waals surface area contributed by atoms with Gasteiger partial charge in [0.15, 0.2) is 0 Å². The first kappa shape index (κ1) is 22.8. The predicted octanol–water partition coefficient (Wildman–Crippen LogP) is 4.89. The maximum atomic E-state index is 12.8. The summed E-state index contributed by atoms with van der Waals surface area (Å²) in [6, 6.07) is 15.3. The number of hydrogen-bond acceptors (Lipinski definition) is 3. The van der Waals surface area contributed by atoms with Crippen molar-refractivity contribution < 1.29 is 4.79 Å². The lowest BCUT2D eigenvalue weighted by atomic mass is 10.1. The summed E-state index contributed by atoms with van der Waals surface area (Å²) in [6.45, 7) is 8.50. The molecule has 1 aliphatic heterocycles. The quantitative estimate of drug-likeness (QED) is 0.658. The lowest BCUT2D eigenvalue weighted by molar-refractivity contribution is -0.127. The molecule has 1 saturated heterocycles. The number of piperazine rings is 1. The molecule has 30 heavy (non-hydrogen) atoms. The van der Waals surface area contributed by atoms with E-state index in [2.05, 4.69) is 39.4 Å². The van der Waals surface area contributed by atoms with E-state index >= 15 is 0 Å². The van der Waals surface area contributed by atoms with Crippen LogP contribution in [-0.4, -0.2) is 54.5 Å². The second-order valence-electron chi connectivity index (χ2n) is 7.72. The molecule has 4 nitrogen and oxygen atoms in total.